The van der Waals surface area contributed by atoms with E-state index < -0.39 is 0 Å². The van der Waals surface area contributed by atoms with E-state index in [1.54, 1.807) is 24.4 Å². The second kappa shape index (κ2) is 8.48. The van der Waals surface area contributed by atoms with Crippen molar-refractivity contribution in [3.63, 3.8) is 0 Å². The number of fused-ring (bicyclic) bond motifs is 2. The van der Waals surface area contributed by atoms with Crippen molar-refractivity contribution in [1.29, 1.82) is 0 Å². The number of hydrogen-bond donors (Lipinski definition) is 3. The first-order valence-electron chi connectivity index (χ1n) is 9.41. The number of ether oxygens (including phenoxy) is 2. The lowest BCUT2D eigenvalue weighted by Gasteiger charge is -2.05. The highest BCUT2D eigenvalue weighted by Gasteiger charge is 2.15. The van der Waals surface area contributed by atoms with E-state index in [0.717, 1.165) is 11.3 Å². The third kappa shape index (κ3) is 4.36. The summed E-state index contributed by atoms with van der Waals surface area (Å²) in [4.78, 5) is 20.9. The first kappa shape index (κ1) is 19.1. The molecule has 2 aromatic carbocycles. The van der Waals surface area contributed by atoms with Crippen LogP contribution in [0.2, 0.25) is 0 Å². The van der Waals surface area contributed by atoms with Crippen LogP contribution in [0.1, 0.15) is 11.1 Å². The molecule has 0 saturated carbocycles. The second-order valence-electron chi connectivity index (χ2n) is 6.60. The maximum absolute atomic E-state index is 12.2. The molecule has 0 aliphatic carbocycles. The van der Waals surface area contributed by atoms with Gasteiger partial charge in [-0.15, -0.1) is 5.10 Å². The number of nitrogens with zero attached hydrogens (tertiary/aromatic N) is 4. The number of aromatic nitrogens is 3. The van der Waals surface area contributed by atoms with Gasteiger partial charge in [-0.2, -0.15) is 10.1 Å². The third-order valence-corrected chi connectivity index (χ3v) is 5.37. The number of carbonyl (C=O) groups is 1. The SMILES string of the molecule is O=C(CSc1n[nH]c(N/N=C\C2=NCc3ccccc32)n1)Nc1ccc2c(c1)OCO2. The molecule has 31 heavy (non-hydrogen) atoms. The molecule has 0 bridgehead atoms. The van der Waals surface area contributed by atoms with Gasteiger partial charge in [0.1, 0.15) is 0 Å². The van der Waals surface area contributed by atoms with Gasteiger partial charge in [0.05, 0.1) is 24.2 Å². The highest BCUT2D eigenvalue weighted by atomic mass is 32.2. The number of hydrazone groups is 1. The van der Waals surface area contributed by atoms with Crippen LogP contribution in [0.4, 0.5) is 11.6 Å². The molecule has 0 fully saturated rings. The van der Waals surface area contributed by atoms with E-state index in [2.05, 4.69) is 42.1 Å². The summed E-state index contributed by atoms with van der Waals surface area (Å²) in [6.45, 7) is 0.851. The Bertz CT molecular complexity index is 1190. The highest BCUT2D eigenvalue weighted by Crippen LogP contribution is 2.34. The lowest BCUT2D eigenvalue weighted by molar-refractivity contribution is -0.113. The Labute approximate surface area is 181 Å². The van der Waals surface area contributed by atoms with Crippen molar-refractivity contribution in [3.8, 4) is 11.5 Å². The summed E-state index contributed by atoms with van der Waals surface area (Å²) in [5, 5.41) is 14.2. The number of aliphatic imine (C=N–C) groups is 1. The normalized spacial score (nSPS) is 13.9. The molecule has 156 valence electrons. The van der Waals surface area contributed by atoms with Gasteiger partial charge in [-0.1, -0.05) is 36.0 Å². The van der Waals surface area contributed by atoms with Crippen LogP contribution < -0.4 is 20.2 Å². The smallest absolute Gasteiger partial charge is 0.240 e. The molecule has 0 radical (unpaired) electrons. The molecule has 11 heteroatoms. The fourth-order valence-electron chi connectivity index (χ4n) is 3.09. The van der Waals surface area contributed by atoms with Crippen molar-refractivity contribution in [1.82, 2.24) is 15.2 Å². The molecule has 2 aliphatic rings. The zero-order chi connectivity index (χ0) is 21.0. The molecule has 2 aliphatic heterocycles. The Morgan fingerprint density at radius 1 is 1.23 bits per heavy atom. The number of H-pyrrole nitrogens is 1. The topological polar surface area (TPSA) is 126 Å². The molecule has 10 nitrogen and oxygen atoms in total. The Hall–Kier alpha value is -3.86. The van der Waals surface area contributed by atoms with Crippen molar-refractivity contribution < 1.29 is 14.3 Å². The van der Waals surface area contributed by atoms with E-state index in [4.69, 9.17) is 9.47 Å². The van der Waals surface area contributed by atoms with Crippen LogP contribution in [0.3, 0.4) is 0 Å². The fourth-order valence-corrected chi connectivity index (χ4v) is 3.69. The average Bonchev–Trinajstić information content (AvgIpc) is 3.52. The van der Waals surface area contributed by atoms with Crippen LogP contribution in [-0.4, -0.2) is 45.6 Å². The first-order valence-corrected chi connectivity index (χ1v) is 10.4. The maximum atomic E-state index is 12.2. The van der Waals surface area contributed by atoms with Crippen molar-refractivity contribution >= 4 is 41.2 Å². The number of carbonyl (C=O) groups excluding carboxylic acids is 1. The summed E-state index contributed by atoms with van der Waals surface area (Å²) >= 11 is 1.21. The van der Waals surface area contributed by atoms with Crippen molar-refractivity contribution in [2.24, 2.45) is 10.1 Å². The van der Waals surface area contributed by atoms with Crippen molar-refractivity contribution in [2.75, 3.05) is 23.3 Å². The van der Waals surface area contributed by atoms with Gasteiger partial charge in [-0.3, -0.25) is 9.79 Å². The number of aromatic amines is 1. The summed E-state index contributed by atoms with van der Waals surface area (Å²) in [7, 11) is 0. The number of amides is 1. The van der Waals surface area contributed by atoms with E-state index in [1.165, 1.54) is 17.3 Å². The molecular weight excluding hydrogens is 418 g/mol. The Kier molecular flexibility index (Phi) is 5.23. The third-order valence-electron chi connectivity index (χ3n) is 4.52. The quantitative estimate of drug-likeness (QED) is 0.296. The summed E-state index contributed by atoms with van der Waals surface area (Å²) in [6.07, 6.45) is 1.65. The lowest BCUT2D eigenvalue weighted by atomic mass is 10.1. The van der Waals surface area contributed by atoms with E-state index >= 15 is 0 Å². The number of thioether (sulfide) groups is 1. The molecule has 0 spiro atoms. The van der Waals surface area contributed by atoms with Gasteiger partial charge in [0.25, 0.3) is 0 Å². The number of nitrogens with one attached hydrogen (secondary N) is 3. The molecule has 0 saturated heterocycles. The Balaban J connectivity index is 1.11. The first-order chi connectivity index (χ1) is 15.2. The predicted molar refractivity (Wildman–Crippen MR) is 117 cm³/mol. The number of rotatable bonds is 7. The summed E-state index contributed by atoms with van der Waals surface area (Å²) in [5.74, 6) is 1.63. The molecule has 0 atom stereocenters. The van der Waals surface area contributed by atoms with E-state index in [1.807, 2.05) is 18.2 Å². The summed E-state index contributed by atoms with van der Waals surface area (Å²) < 4.78 is 10.6. The van der Waals surface area contributed by atoms with Gasteiger partial charge in [-0.25, -0.2) is 10.5 Å². The van der Waals surface area contributed by atoms with Gasteiger partial charge in [0.2, 0.25) is 23.8 Å². The zero-order valence-electron chi connectivity index (χ0n) is 16.2. The van der Waals surface area contributed by atoms with Crippen LogP contribution >= 0.6 is 11.8 Å². The fraction of sp³-hybridized carbons (Fsp3) is 0.150. The van der Waals surface area contributed by atoms with E-state index in [9.17, 15) is 4.79 Å². The highest BCUT2D eigenvalue weighted by molar-refractivity contribution is 7.99. The van der Waals surface area contributed by atoms with Crippen LogP contribution in [0.15, 0.2) is 57.7 Å². The summed E-state index contributed by atoms with van der Waals surface area (Å²) in [6, 6.07) is 13.3. The van der Waals surface area contributed by atoms with Gasteiger partial charge in [0.15, 0.2) is 11.5 Å². The minimum atomic E-state index is -0.181. The lowest BCUT2D eigenvalue weighted by Crippen LogP contribution is -2.14. The van der Waals surface area contributed by atoms with Crippen LogP contribution in [0.25, 0.3) is 0 Å². The number of hydrogen-bond acceptors (Lipinski definition) is 9. The molecule has 5 rings (SSSR count). The van der Waals surface area contributed by atoms with Crippen LogP contribution in [-0.2, 0) is 11.3 Å². The molecule has 0 unspecified atom stereocenters. The van der Waals surface area contributed by atoms with Crippen LogP contribution in [0, 0.1) is 0 Å². The molecule has 3 heterocycles. The monoisotopic (exact) mass is 435 g/mol. The molecule has 3 aromatic rings. The van der Waals surface area contributed by atoms with E-state index in [-0.39, 0.29) is 18.5 Å². The molecule has 3 N–H and O–H groups in total. The Morgan fingerprint density at radius 2 is 2.13 bits per heavy atom. The maximum Gasteiger partial charge on any atom is 0.240 e. The Morgan fingerprint density at radius 3 is 3.10 bits per heavy atom. The summed E-state index contributed by atoms with van der Waals surface area (Å²) in [5.41, 5.74) is 6.51. The van der Waals surface area contributed by atoms with E-state index in [0.29, 0.717) is 34.8 Å². The molecule has 1 aromatic heterocycles. The van der Waals surface area contributed by atoms with Gasteiger partial charge in [0, 0.05) is 17.3 Å². The van der Waals surface area contributed by atoms with Gasteiger partial charge < -0.3 is 14.8 Å². The largest absolute Gasteiger partial charge is 0.454 e. The minimum absolute atomic E-state index is 0.155. The van der Waals surface area contributed by atoms with Gasteiger partial charge >= 0.3 is 0 Å². The zero-order valence-corrected chi connectivity index (χ0v) is 17.0. The van der Waals surface area contributed by atoms with Gasteiger partial charge in [-0.05, 0) is 17.7 Å². The minimum Gasteiger partial charge on any atom is -0.454 e. The van der Waals surface area contributed by atoms with Crippen molar-refractivity contribution in [3.05, 3.63) is 53.6 Å². The van der Waals surface area contributed by atoms with Crippen molar-refractivity contribution in [2.45, 2.75) is 11.7 Å². The van der Waals surface area contributed by atoms with Crippen LogP contribution in [0.5, 0.6) is 11.5 Å². The molecular formula is C20H17N7O3S. The predicted octanol–water partition coefficient (Wildman–Crippen LogP) is 2.66. The average molecular weight is 435 g/mol. The second-order valence-corrected chi connectivity index (χ2v) is 7.54. The molecule has 1 amide bonds. The number of anilines is 2. The standard InChI is InChI=1S/C20H17N7O3S/c28-18(23-13-5-6-16-17(7-13)30-11-29-16)10-31-20-24-19(26-27-20)25-22-9-15-14-4-2-1-3-12(14)8-21-15/h1-7,9H,8,10-11H2,(H,23,28)(H2,24,25,26,27)/b22-9-. The number of benzene rings is 2.